The Hall–Kier alpha value is -0.810. The minimum absolute atomic E-state index is 0. The Balaban J connectivity index is 0.00000162. The highest BCUT2D eigenvalue weighted by atomic mass is 35.5. The van der Waals surface area contributed by atoms with Gasteiger partial charge in [-0.25, -0.2) is 4.79 Å². The molecule has 1 heterocycles. The normalized spacial score (nSPS) is 16.3. The molecule has 0 radical (unpaired) electrons. The molecule has 0 saturated carbocycles. The Morgan fingerprint density at radius 2 is 1.84 bits per heavy atom. The van der Waals surface area contributed by atoms with Gasteiger partial charge in [0.1, 0.15) is 0 Å². The highest BCUT2D eigenvalue weighted by Crippen LogP contribution is 2.10. The maximum Gasteiger partial charge on any atom is 0.335 e. The number of hydrogen-bond acceptors (Lipinski definition) is 3. The van der Waals surface area contributed by atoms with Crippen molar-refractivity contribution in [3.05, 3.63) is 35.4 Å². The number of carboxylic acid groups (broad SMARTS) is 1. The molecule has 1 saturated heterocycles. The maximum absolute atomic E-state index is 10.9. The smallest absolute Gasteiger partial charge is 0.335 e. The fourth-order valence-corrected chi connectivity index (χ4v) is 2.07. The number of likely N-dealkylation sites (N-methyl/N-ethyl adjacent to an activating group) is 1. The summed E-state index contributed by atoms with van der Waals surface area (Å²) in [6, 6.07) is 7.20. The Morgan fingerprint density at radius 3 is 2.42 bits per heavy atom. The van der Waals surface area contributed by atoms with Gasteiger partial charge in [-0.05, 0) is 24.7 Å². The van der Waals surface area contributed by atoms with Crippen molar-refractivity contribution in [1.82, 2.24) is 9.80 Å². The van der Waals surface area contributed by atoms with Crippen LogP contribution in [0.3, 0.4) is 0 Å². The van der Waals surface area contributed by atoms with Gasteiger partial charge in [0.2, 0.25) is 0 Å². The number of hydrogen-bond donors (Lipinski definition) is 1. The molecule has 1 aromatic rings. The molecule has 1 aliphatic heterocycles. The van der Waals surface area contributed by atoms with E-state index >= 15 is 0 Å². The third-order valence-corrected chi connectivity index (χ3v) is 3.18. The van der Waals surface area contributed by atoms with Crippen LogP contribution in [0.4, 0.5) is 0 Å². The minimum Gasteiger partial charge on any atom is -0.478 e. The van der Waals surface area contributed by atoms with Crippen molar-refractivity contribution in [2.45, 2.75) is 6.54 Å². The van der Waals surface area contributed by atoms with Crippen molar-refractivity contribution < 1.29 is 9.90 Å². The predicted molar refractivity (Wildman–Crippen MR) is 80.7 cm³/mol. The average Bonchev–Trinajstić information content (AvgIpc) is 2.32. The van der Waals surface area contributed by atoms with E-state index < -0.39 is 5.97 Å². The summed E-state index contributed by atoms with van der Waals surface area (Å²) in [4.78, 5) is 15.5. The van der Waals surface area contributed by atoms with E-state index in [2.05, 4.69) is 16.8 Å². The number of benzene rings is 1. The molecule has 0 unspecified atom stereocenters. The number of carbonyl (C=O) groups is 1. The van der Waals surface area contributed by atoms with Crippen LogP contribution in [-0.2, 0) is 6.54 Å². The SMILES string of the molecule is CN1CCN(Cc2cccc(C(=O)O)c2)CC1.Cl.Cl. The van der Waals surface area contributed by atoms with Crippen LogP contribution in [0.5, 0.6) is 0 Å². The monoisotopic (exact) mass is 306 g/mol. The molecular formula is C13H20Cl2N2O2. The van der Waals surface area contributed by atoms with Crippen LogP contribution >= 0.6 is 24.8 Å². The van der Waals surface area contributed by atoms with Gasteiger partial charge in [-0.15, -0.1) is 24.8 Å². The molecule has 0 aliphatic carbocycles. The van der Waals surface area contributed by atoms with E-state index in [1.165, 1.54) is 0 Å². The lowest BCUT2D eigenvalue weighted by atomic mass is 10.1. The second kappa shape index (κ2) is 8.38. The third kappa shape index (κ3) is 5.37. The number of carboxylic acids is 1. The first-order chi connectivity index (χ1) is 8.15. The topological polar surface area (TPSA) is 43.8 Å². The fraction of sp³-hybridized carbons (Fsp3) is 0.462. The summed E-state index contributed by atoms with van der Waals surface area (Å²) in [5.74, 6) is -0.856. The molecule has 6 heteroatoms. The summed E-state index contributed by atoms with van der Waals surface area (Å²) < 4.78 is 0. The lowest BCUT2D eigenvalue weighted by Gasteiger charge is -2.32. The maximum atomic E-state index is 10.9. The lowest BCUT2D eigenvalue weighted by Crippen LogP contribution is -2.43. The molecule has 2 rings (SSSR count). The first kappa shape index (κ1) is 18.2. The molecule has 0 aromatic heterocycles. The van der Waals surface area contributed by atoms with Gasteiger partial charge in [0.05, 0.1) is 5.56 Å². The van der Waals surface area contributed by atoms with E-state index in [1.807, 2.05) is 12.1 Å². The standard InChI is InChI=1S/C13H18N2O2.2ClH/c1-14-5-7-15(8-6-14)10-11-3-2-4-12(9-11)13(16)17;;/h2-4,9H,5-8,10H2,1H3,(H,16,17);2*1H. The van der Waals surface area contributed by atoms with E-state index in [9.17, 15) is 4.79 Å². The minimum atomic E-state index is -0.856. The summed E-state index contributed by atoms with van der Waals surface area (Å²) in [6.45, 7) is 5.10. The summed E-state index contributed by atoms with van der Waals surface area (Å²) in [7, 11) is 2.13. The van der Waals surface area contributed by atoms with Crippen LogP contribution in [0.25, 0.3) is 0 Å². The lowest BCUT2D eigenvalue weighted by molar-refractivity contribution is 0.0696. The van der Waals surface area contributed by atoms with Crippen LogP contribution in [0, 0.1) is 0 Å². The highest BCUT2D eigenvalue weighted by molar-refractivity contribution is 5.87. The van der Waals surface area contributed by atoms with Gasteiger partial charge < -0.3 is 10.0 Å². The summed E-state index contributed by atoms with van der Waals surface area (Å²) in [5, 5.41) is 8.93. The number of halogens is 2. The Morgan fingerprint density at radius 1 is 1.21 bits per heavy atom. The van der Waals surface area contributed by atoms with Crippen molar-refractivity contribution in [2.24, 2.45) is 0 Å². The van der Waals surface area contributed by atoms with Crippen LogP contribution < -0.4 is 0 Å². The van der Waals surface area contributed by atoms with Crippen LogP contribution in [0.2, 0.25) is 0 Å². The quantitative estimate of drug-likeness (QED) is 0.927. The van der Waals surface area contributed by atoms with E-state index in [0.717, 1.165) is 38.3 Å². The van der Waals surface area contributed by atoms with Gasteiger partial charge in [-0.3, -0.25) is 4.90 Å². The first-order valence-electron chi connectivity index (χ1n) is 5.88. The second-order valence-electron chi connectivity index (χ2n) is 4.58. The van der Waals surface area contributed by atoms with Gasteiger partial charge >= 0.3 is 5.97 Å². The number of nitrogens with zero attached hydrogens (tertiary/aromatic N) is 2. The summed E-state index contributed by atoms with van der Waals surface area (Å²) >= 11 is 0. The molecule has 0 bridgehead atoms. The average molecular weight is 307 g/mol. The molecule has 1 aromatic carbocycles. The molecule has 108 valence electrons. The van der Waals surface area contributed by atoms with Crippen LogP contribution in [-0.4, -0.2) is 54.1 Å². The first-order valence-corrected chi connectivity index (χ1v) is 5.88. The van der Waals surface area contributed by atoms with E-state index in [0.29, 0.717) is 5.56 Å². The summed E-state index contributed by atoms with van der Waals surface area (Å²) in [5.41, 5.74) is 1.45. The fourth-order valence-electron chi connectivity index (χ4n) is 2.07. The number of piperazine rings is 1. The molecule has 4 nitrogen and oxygen atoms in total. The molecule has 0 atom stereocenters. The van der Waals surface area contributed by atoms with Crippen molar-refractivity contribution in [1.29, 1.82) is 0 Å². The van der Waals surface area contributed by atoms with Crippen molar-refractivity contribution in [3.8, 4) is 0 Å². The molecule has 1 fully saturated rings. The van der Waals surface area contributed by atoms with Gasteiger partial charge in [0.15, 0.2) is 0 Å². The summed E-state index contributed by atoms with van der Waals surface area (Å²) in [6.07, 6.45) is 0. The van der Waals surface area contributed by atoms with Gasteiger partial charge in [-0.1, -0.05) is 12.1 Å². The van der Waals surface area contributed by atoms with Crippen molar-refractivity contribution in [3.63, 3.8) is 0 Å². The number of aromatic carboxylic acids is 1. The zero-order chi connectivity index (χ0) is 12.3. The third-order valence-electron chi connectivity index (χ3n) is 3.18. The molecular weight excluding hydrogens is 287 g/mol. The van der Waals surface area contributed by atoms with Crippen LogP contribution in [0.15, 0.2) is 24.3 Å². The molecule has 1 aliphatic rings. The van der Waals surface area contributed by atoms with Crippen molar-refractivity contribution >= 4 is 30.8 Å². The molecule has 1 N–H and O–H groups in total. The molecule has 19 heavy (non-hydrogen) atoms. The highest BCUT2D eigenvalue weighted by Gasteiger charge is 2.14. The van der Waals surface area contributed by atoms with Gasteiger partial charge in [-0.2, -0.15) is 0 Å². The molecule has 0 amide bonds. The van der Waals surface area contributed by atoms with Gasteiger partial charge in [0.25, 0.3) is 0 Å². The van der Waals surface area contributed by atoms with Crippen LogP contribution in [0.1, 0.15) is 15.9 Å². The van der Waals surface area contributed by atoms with E-state index in [4.69, 9.17) is 5.11 Å². The number of rotatable bonds is 3. The van der Waals surface area contributed by atoms with Crippen molar-refractivity contribution in [2.75, 3.05) is 33.2 Å². The largest absolute Gasteiger partial charge is 0.478 e. The predicted octanol–water partition coefficient (Wildman–Crippen LogP) is 1.98. The van der Waals surface area contributed by atoms with Gasteiger partial charge in [0, 0.05) is 32.7 Å². The van der Waals surface area contributed by atoms with E-state index in [1.54, 1.807) is 12.1 Å². The molecule has 0 spiro atoms. The zero-order valence-electron chi connectivity index (χ0n) is 10.9. The Kier molecular flexibility index (Phi) is 8.02. The zero-order valence-corrected chi connectivity index (χ0v) is 12.5. The second-order valence-corrected chi connectivity index (χ2v) is 4.58. The Labute approximate surface area is 126 Å². The Bertz CT molecular complexity index is 407. The van der Waals surface area contributed by atoms with E-state index in [-0.39, 0.29) is 24.8 Å².